The molecule has 1 aliphatic rings. The van der Waals surface area contributed by atoms with E-state index < -0.39 is 4.92 Å². The second kappa shape index (κ2) is 8.28. The van der Waals surface area contributed by atoms with Gasteiger partial charge < -0.3 is 15.0 Å². The van der Waals surface area contributed by atoms with Gasteiger partial charge in [-0.2, -0.15) is 0 Å². The first-order valence-corrected chi connectivity index (χ1v) is 7.82. The number of hydrogen-bond acceptors (Lipinski definition) is 5. The predicted molar refractivity (Wildman–Crippen MR) is 89.6 cm³/mol. The number of benzene rings is 1. The fourth-order valence-electron chi connectivity index (χ4n) is 2.74. The number of nitrogens with zero attached hydrogens (tertiary/aromatic N) is 3. The molecule has 1 fully saturated rings. The van der Waals surface area contributed by atoms with E-state index in [1.807, 2.05) is 0 Å². The highest BCUT2D eigenvalue weighted by atomic mass is 16.6. The van der Waals surface area contributed by atoms with Gasteiger partial charge in [0.25, 0.3) is 5.69 Å². The zero-order valence-corrected chi connectivity index (χ0v) is 13.9. The van der Waals surface area contributed by atoms with Gasteiger partial charge in [0.2, 0.25) is 0 Å². The molecule has 1 aliphatic heterocycles. The number of piperidine rings is 1. The van der Waals surface area contributed by atoms with E-state index in [-0.39, 0.29) is 17.6 Å². The number of carbonyl (C=O) groups is 1. The number of aliphatic imine (C=N–C) groups is 1. The number of guanidine groups is 1. The van der Waals surface area contributed by atoms with Crippen LogP contribution in [0.3, 0.4) is 0 Å². The van der Waals surface area contributed by atoms with Crippen LogP contribution in [0.15, 0.2) is 29.3 Å². The number of likely N-dealkylation sites (tertiary alicyclic amines) is 1. The molecular weight excluding hydrogens is 312 g/mol. The number of ether oxygens (including phenoxy) is 1. The zero-order valence-electron chi connectivity index (χ0n) is 13.9. The molecule has 1 heterocycles. The Hall–Kier alpha value is -2.64. The van der Waals surface area contributed by atoms with Gasteiger partial charge in [0.15, 0.2) is 5.96 Å². The van der Waals surface area contributed by atoms with E-state index >= 15 is 0 Å². The van der Waals surface area contributed by atoms with Gasteiger partial charge in [-0.3, -0.25) is 19.9 Å². The number of non-ortho nitro benzene ring substituents is 1. The minimum atomic E-state index is -0.415. The van der Waals surface area contributed by atoms with E-state index in [1.165, 1.54) is 19.2 Å². The summed E-state index contributed by atoms with van der Waals surface area (Å²) in [5.41, 5.74) is 1.01. The van der Waals surface area contributed by atoms with Crippen molar-refractivity contribution < 1.29 is 14.5 Å². The lowest BCUT2D eigenvalue weighted by Crippen LogP contribution is -2.46. The van der Waals surface area contributed by atoms with Crippen molar-refractivity contribution in [1.82, 2.24) is 10.2 Å². The Morgan fingerprint density at radius 1 is 1.38 bits per heavy atom. The summed E-state index contributed by atoms with van der Waals surface area (Å²) in [5, 5.41) is 13.9. The van der Waals surface area contributed by atoms with E-state index in [9.17, 15) is 14.9 Å². The van der Waals surface area contributed by atoms with E-state index in [0.29, 0.717) is 6.54 Å². The van der Waals surface area contributed by atoms with Crippen molar-refractivity contribution >= 4 is 17.6 Å². The lowest BCUT2D eigenvalue weighted by Gasteiger charge is -2.33. The molecule has 130 valence electrons. The first-order valence-electron chi connectivity index (χ1n) is 7.82. The lowest BCUT2D eigenvalue weighted by atomic mass is 9.97. The topological polar surface area (TPSA) is 97.1 Å². The van der Waals surface area contributed by atoms with Gasteiger partial charge in [0, 0.05) is 38.8 Å². The summed E-state index contributed by atoms with van der Waals surface area (Å²) in [7, 11) is 3.13. The quantitative estimate of drug-likeness (QED) is 0.295. The van der Waals surface area contributed by atoms with Gasteiger partial charge in [0.05, 0.1) is 18.0 Å². The maximum Gasteiger partial charge on any atom is 0.308 e. The maximum atomic E-state index is 11.6. The van der Waals surface area contributed by atoms with Crippen LogP contribution in [-0.2, 0) is 16.1 Å². The first-order chi connectivity index (χ1) is 11.5. The molecule has 0 spiro atoms. The van der Waals surface area contributed by atoms with Crippen LogP contribution in [0.5, 0.6) is 0 Å². The fourth-order valence-corrected chi connectivity index (χ4v) is 2.74. The fraction of sp³-hybridized carbons (Fsp3) is 0.500. The summed E-state index contributed by atoms with van der Waals surface area (Å²) in [6.45, 7) is 2.00. The SMILES string of the molecule is CN=C(NCc1ccc([N+](=O)[O-])cc1)N1CCC(C(=O)OC)CC1. The Morgan fingerprint density at radius 3 is 2.50 bits per heavy atom. The van der Waals surface area contributed by atoms with Gasteiger partial charge in [0.1, 0.15) is 0 Å². The van der Waals surface area contributed by atoms with Crippen molar-refractivity contribution in [3.8, 4) is 0 Å². The molecule has 0 aliphatic carbocycles. The molecule has 1 saturated heterocycles. The monoisotopic (exact) mass is 334 g/mol. The number of nitrogens with one attached hydrogen (secondary N) is 1. The molecule has 0 aromatic heterocycles. The van der Waals surface area contributed by atoms with E-state index in [0.717, 1.165) is 37.5 Å². The van der Waals surface area contributed by atoms with Gasteiger partial charge in [-0.1, -0.05) is 12.1 Å². The van der Waals surface area contributed by atoms with E-state index in [4.69, 9.17) is 4.74 Å². The summed E-state index contributed by atoms with van der Waals surface area (Å²) in [4.78, 5) is 28.2. The molecular formula is C16H22N4O4. The van der Waals surface area contributed by atoms with Crippen molar-refractivity contribution in [2.75, 3.05) is 27.2 Å². The molecule has 1 aromatic rings. The molecule has 2 rings (SSSR count). The van der Waals surface area contributed by atoms with Crippen LogP contribution in [0.4, 0.5) is 5.69 Å². The molecule has 0 radical (unpaired) electrons. The molecule has 0 unspecified atom stereocenters. The van der Waals surface area contributed by atoms with E-state index in [2.05, 4.69) is 15.2 Å². The van der Waals surface area contributed by atoms with E-state index in [1.54, 1.807) is 19.2 Å². The molecule has 0 atom stereocenters. The highest BCUT2D eigenvalue weighted by Crippen LogP contribution is 2.18. The third kappa shape index (κ3) is 4.43. The van der Waals surface area contributed by atoms with Crippen LogP contribution < -0.4 is 5.32 Å². The smallest absolute Gasteiger partial charge is 0.308 e. The van der Waals surface area contributed by atoms with Crippen LogP contribution in [0, 0.1) is 16.0 Å². The van der Waals surface area contributed by atoms with Crippen molar-refractivity contribution in [3.05, 3.63) is 39.9 Å². The van der Waals surface area contributed by atoms with Gasteiger partial charge in [-0.25, -0.2) is 0 Å². The third-order valence-corrected chi connectivity index (χ3v) is 4.14. The van der Waals surface area contributed by atoms with Crippen molar-refractivity contribution in [2.45, 2.75) is 19.4 Å². The summed E-state index contributed by atoms with van der Waals surface area (Å²) in [5.74, 6) is 0.569. The van der Waals surface area contributed by atoms with Crippen molar-refractivity contribution in [1.29, 1.82) is 0 Å². The van der Waals surface area contributed by atoms with Crippen LogP contribution in [0.2, 0.25) is 0 Å². The third-order valence-electron chi connectivity index (χ3n) is 4.14. The molecule has 0 bridgehead atoms. The Bertz CT molecular complexity index is 607. The molecule has 0 amide bonds. The predicted octanol–water partition coefficient (Wildman–Crippen LogP) is 1.56. The number of rotatable bonds is 4. The number of nitro benzene ring substituents is 1. The standard InChI is InChI=1S/C16H22N4O4/c1-17-16(19-9-7-13(8-10-19)15(21)24-2)18-11-12-3-5-14(6-4-12)20(22)23/h3-6,13H,7-11H2,1-2H3,(H,17,18). The average molecular weight is 334 g/mol. The Balaban J connectivity index is 1.87. The average Bonchev–Trinajstić information content (AvgIpc) is 2.62. The van der Waals surface area contributed by atoms with Gasteiger partial charge in [-0.05, 0) is 18.4 Å². The van der Waals surface area contributed by atoms with Crippen LogP contribution >= 0.6 is 0 Å². The summed E-state index contributed by atoms with van der Waals surface area (Å²) in [6, 6.07) is 6.42. The highest BCUT2D eigenvalue weighted by molar-refractivity contribution is 5.80. The van der Waals surface area contributed by atoms with Gasteiger partial charge in [-0.15, -0.1) is 0 Å². The lowest BCUT2D eigenvalue weighted by molar-refractivity contribution is -0.384. The molecule has 24 heavy (non-hydrogen) atoms. The number of methoxy groups -OCH3 is 1. The molecule has 8 heteroatoms. The molecule has 0 saturated carbocycles. The minimum absolute atomic E-state index is 0.0426. The molecule has 1 aromatic carbocycles. The largest absolute Gasteiger partial charge is 0.469 e. The summed E-state index contributed by atoms with van der Waals surface area (Å²) >= 11 is 0. The second-order valence-corrected chi connectivity index (χ2v) is 5.61. The zero-order chi connectivity index (χ0) is 17.5. The number of nitro groups is 1. The molecule has 8 nitrogen and oxygen atoms in total. The van der Waals surface area contributed by atoms with Crippen molar-refractivity contribution in [3.63, 3.8) is 0 Å². The first kappa shape index (κ1) is 17.7. The van der Waals surface area contributed by atoms with Crippen LogP contribution in [0.25, 0.3) is 0 Å². The highest BCUT2D eigenvalue weighted by Gasteiger charge is 2.26. The maximum absolute atomic E-state index is 11.6. The number of esters is 1. The Morgan fingerprint density at radius 2 is 2.00 bits per heavy atom. The summed E-state index contributed by atoms with van der Waals surface area (Å²) < 4.78 is 4.79. The normalized spacial score (nSPS) is 15.9. The molecule has 1 N–H and O–H groups in total. The number of hydrogen-bond donors (Lipinski definition) is 1. The van der Waals surface area contributed by atoms with Gasteiger partial charge >= 0.3 is 5.97 Å². The number of carbonyl (C=O) groups excluding carboxylic acids is 1. The van der Waals surface area contributed by atoms with Crippen LogP contribution in [0.1, 0.15) is 18.4 Å². The van der Waals surface area contributed by atoms with Crippen LogP contribution in [-0.4, -0.2) is 49.0 Å². The van der Waals surface area contributed by atoms with Crippen molar-refractivity contribution in [2.24, 2.45) is 10.9 Å². The second-order valence-electron chi connectivity index (χ2n) is 5.61. The minimum Gasteiger partial charge on any atom is -0.469 e. The Kier molecular flexibility index (Phi) is 6.11. The Labute approximate surface area is 140 Å². The summed E-state index contributed by atoms with van der Waals surface area (Å²) in [6.07, 6.45) is 1.48.